The van der Waals surface area contributed by atoms with Crippen LogP contribution in [0.2, 0.25) is 5.02 Å². The average molecular weight is 275 g/mol. The molecule has 0 aromatic heterocycles. The maximum absolute atomic E-state index is 10.7. The van der Waals surface area contributed by atoms with E-state index in [0.29, 0.717) is 11.5 Å². The standard InChI is InChI=1S/C12H15ClO5/c1-6(2)18-10-5-8(13)7(4-9(10)17-3)11(14)12(15)16/h4-6,11,14H,1-3H3,(H,15,16). The number of rotatable bonds is 5. The molecule has 2 N–H and O–H groups in total. The van der Waals surface area contributed by atoms with Crippen molar-refractivity contribution in [3.05, 3.63) is 22.7 Å². The Balaban J connectivity index is 3.21. The van der Waals surface area contributed by atoms with Crippen LogP contribution in [-0.2, 0) is 4.79 Å². The van der Waals surface area contributed by atoms with Gasteiger partial charge in [0.25, 0.3) is 0 Å². The van der Waals surface area contributed by atoms with Gasteiger partial charge in [-0.3, -0.25) is 0 Å². The number of methoxy groups -OCH3 is 1. The Kier molecular flexibility index (Phi) is 4.81. The molecule has 5 nitrogen and oxygen atoms in total. The molecule has 1 aromatic carbocycles. The average Bonchev–Trinajstić information content (AvgIpc) is 2.27. The largest absolute Gasteiger partial charge is 0.493 e. The molecule has 0 saturated carbocycles. The van der Waals surface area contributed by atoms with Crippen molar-refractivity contribution < 1.29 is 24.5 Å². The monoisotopic (exact) mass is 274 g/mol. The Morgan fingerprint density at radius 2 is 1.94 bits per heavy atom. The van der Waals surface area contributed by atoms with E-state index >= 15 is 0 Å². The first-order chi connectivity index (χ1) is 8.36. The molecule has 0 bridgehead atoms. The van der Waals surface area contributed by atoms with Crippen LogP contribution in [0.5, 0.6) is 11.5 Å². The SMILES string of the molecule is COc1cc(C(O)C(=O)O)c(Cl)cc1OC(C)C. The van der Waals surface area contributed by atoms with Crippen molar-refractivity contribution in [1.82, 2.24) is 0 Å². The summed E-state index contributed by atoms with van der Waals surface area (Å²) in [5.41, 5.74) is 0.0668. The van der Waals surface area contributed by atoms with Gasteiger partial charge < -0.3 is 19.7 Å². The highest BCUT2D eigenvalue weighted by molar-refractivity contribution is 6.31. The maximum atomic E-state index is 10.7. The van der Waals surface area contributed by atoms with Gasteiger partial charge in [-0.25, -0.2) is 4.79 Å². The fourth-order valence-corrected chi connectivity index (χ4v) is 1.66. The van der Waals surface area contributed by atoms with E-state index in [0.717, 1.165) is 0 Å². The zero-order chi connectivity index (χ0) is 13.9. The fourth-order valence-electron chi connectivity index (χ4n) is 1.40. The van der Waals surface area contributed by atoms with Crippen molar-refractivity contribution in [3.63, 3.8) is 0 Å². The molecular formula is C12H15ClO5. The number of hydrogen-bond donors (Lipinski definition) is 2. The van der Waals surface area contributed by atoms with Gasteiger partial charge in [0.1, 0.15) is 0 Å². The third-order valence-electron chi connectivity index (χ3n) is 2.17. The summed E-state index contributed by atoms with van der Waals surface area (Å²) in [6.45, 7) is 3.68. The van der Waals surface area contributed by atoms with Crippen LogP contribution < -0.4 is 9.47 Å². The predicted octanol–water partition coefficient (Wildman–Crippen LogP) is 2.25. The van der Waals surface area contributed by atoms with Gasteiger partial charge in [-0.2, -0.15) is 0 Å². The summed E-state index contributed by atoms with van der Waals surface area (Å²) in [7, 11) is 1.42. The molecule has 0 radical (unpaired) electrons. The van der Waals surface area contributed by atoms with Crippen LogP contribution in [-0.4, -0.2) is 29.4 Å². The number of aliphatic hydroxyl groups is 1. The molecule has 0 aliphatic heterocycles. The molecule has 0 aliphatic rings. The normalized spacial score (nSPS) is 12.3. The summed E-state index contributed by atoms with van der Waals surface area (Å²) < 4.78 is 10.6. The van der Waals surface area contributed by atoms with Gasteiger partial charge in [-0.1, -0.05) is 11.6 Å². The second kappa shape index (κ2) is 5.93. The molecule has 0 heterocycles. The zero-order valence-electron chi connectivity index (χ0n) is 10.3. The molecule has 1 rings (SSSR count). The molecule has 1 aromatic rings. The third-order valence-corrected chi connectivity index (χ3v) is 2.50. The van der Waals surface area contributed by atoms with Crippen LogP contribution in [0, 0.1) is 0 Å². The molecule has 0 aliphatic carbocycles. The highest BCUT2D eigenvalue weighted by atomic mass is 35.5. The number of aliphatic carboxylic acids is 1. The fraction of sp³-hybridized carbons (Fsp3) is 0.417. The summed E-state index contributed by atoms with van der Waals surface area (Å²) >= 11 is 5.92. The first-order valence-corrected chi connectivity index (χ1v) is 5.69. The Bertz CT molecular complexity index is 444. The first kappa shape index (κ1) is 14.6. The van der Waals surface area contributed by atoms with Crippen LogP contribution in [0.4, 0.5) is 0 Å². The minimum absolute atomic E-state index is 0.0668. The van der Waals surface area contributed by atoms with Gasteiger partial charge in [-0.15, -0.1) is 0 Å². The maximum Gasteiger partial charge on any atom is 0.337 e. The molecule has 0 fully saturated rings. The predicted molar refractivity (Wildman–Crippen MR) is 66.4 cm³/mol. The smallest absolute Gasteiger partial charge is 0.337 e. The van der Waals surface area contributed by atoms with E-state index in [2.05, 4.69) is 0 Å². The number of aliphatic hydroxyl groups excluding tert-OH is 1. The first-order valence-electron chi connectivity index (χ1n) is 5.31. The summed E-state index contributed by atoms with van der Waals surface area (Å²) in [5.74, 6) is -0.654. The number of benzene rings is 1. The number of carboxylic acid groups (broad SMARTS) is 1. The van der Waals surface area contributed by atoms with Crippen molar-refractivity contribution >= 4 is 17.6 Å². The van der Waals surface area contributed by atoms with Crippen LogP contribution in [0.15, 0.2) is 12.1 Å². The number of halogens is 1. The van der Waals surface area contributed by atoms with Crippen LogP contribution >= 0.6 is 11.6 Å². The van der Waals surface area contributed by atoms with Crippen molar-refractivity contribution in [3.8, 4) is 11.5 Å². The van der Waals surface area contributed by atoms with Crippen molar-refractivity contribution in [2.24, 2.45) is 0 Å². The third kappa shape index (κ3) is 3.27. The topological polar surface area (TPSA) is 76.0 Å². The van der Waals surface area contributed by atoms with Crippen molar-refractivity contribution in [1.29, 1.82) is 0 Å². The van der Waals surface area contributed by atoms with E-state index in [1.165, 1.54) is 19.2 Å². The molecule has 0 saturated heterocycles. The quantitative estimate of drug-likeness (QED) is 0.861. The Morgan fingerprint density at radius 1 is 1.33 bits per heavy atom. The number of ether oxygens (including phenoxy) is 2. The van der Waals surface area contributed by atoms with E-state index in [1.807, 2.05) is 13.8 Å². The van der Waals surface area contributed by atoms with Gasteiger partial charge in [0.2, 0.25) is 0 Å². The molecular weight excluding hydrogens is 260 g/mol. The van der Waals surface area contributed by atoms with Crippen LogP contribution in [0.3, 0.4) is 0 Å². The second-order valence-corrected chi connectivity index (χ2v) is 4.34. The number of carboxylic acids is 1. The lowest BCUT2D eigenvalue weighted by atomic mass is 10.1. The molecule has 0 amide bonds. The van der Waals surface area contributed by atoms with Gasteiger partial charge in [0.15, 0.2) is 17.6 Å². The summed E-state index contributed by atoms with van der Waals surface area (Å²) in [6.07, 6.45) is -1.77. The molecule has 18 heavy (non-hydrogen) atoms. The highest BCUT2D eigenvalue weighted by Crippen LogP contribution is 2.36. The van der Waals surface area contributed by atoms with E-state index in [9.17, 15) is 9.90 Å². The Labute approximate surface area is 110 Å². The summed E-state index contributed by atoms with van der Waals surface area (Å²) in [6, 6.07) is 2.79. The number of hydrogen-bond acceptors (Lipinski definition) is 4. The number of carbonyl (C=O) groups is 1. The van der Waals surface area contributed by atoms with Gasteiger partial charge in [0.05, 0.1) is 18.2 Å². The van der Waals surface area contributed by atoms with E-state index < -0.39 is 12.1 Å². The van der Waals surface area contributed by atoms with Gasteiger partial charge in [0, 0.05) is 11.6 Å². The molecule has 0 spiro atoms. The van der Waals surface area contributed by atoms with Crippen LogP contribution in [0.1, 0.15) is 25.5 Å². The minimum atomic E-state index is -1.69. The Morgan fingerprint density at radius 3 is 2.39 bits per heavy atom. The lowest BCUT2D eigenvalue weighted by molar-refractivity contribution is -0.146. The molecule has 1 atom stereocenters. The summed E-state index contributed by atoms with van der Waals surface area (Å²) in [5, 5.41) is 18.4. The molecule has 100 valence electrons. The van der Waals surface area contributed by atoms with Crippen molar-refractivity contribution in [2.45, 2.75) is 26.1 Å². The van der Waals surface area contributed by atoms with Gasteiger partial charge >= 0.3 is 5.97 Å². The van der Waals surface area contributed by atoms with E-state index in [-0.39, 0.29) is 16.7 Å². The lowest BCUT2D eigenvalue weighted by Gasteiger charge is -2.16. The highest BCUT2D eigenvalue weighted by Gasteiger charge is 2.22. The molecule has 6 heteroatoms. The molecule has 1 unspecified atom stereocenters. The zero-order valence-corrected chi connectivity index (χ0v) is 11.1. The van der Waals surface area contributed by atoms with E-state index in [4.69, 9.17) is 26.2 Å². The lowest BCUT2D eigenvalue weighted by Crippen LogP contribution is -2.12. The van der Waals surface area contributed by atoms with Gasteiger partial charge in [-0.05, 0) is 19.9 Å². The summed E-state index contributed by atoms with van der Waals surface area (Å²) in [4.78, 5) is 10.7. The Hall–Kier alpha value is -1.46. The van der Waals surface area contributed by atoms with E-state index in [1.54, 1.807) is 0 Å². The minimum Gasteiger partial charge on any atom is -0.493 e. The second-order valence-electron chi connectivity index (χ2n) is 3.93. The van der Waals surface area contributed by atoms with Crippen molar-refractivity contribution in [2.75, 3.05) is 7.11 Å². The van der Waals surface area contributed by atoms with Crippen LogP contribution in [0.25, 0.3) is 0 Å².